The van der Waals surface area contributed by atoms with Crippen LogP contribution in [0.3, 0.4) is 0 Å². The van der Waals surface area contributed by atoms with Gasteiger partial charge in [0.15, 0.2) is 5.69 Å². The highest BCUT2D eigenvalue weighted by Crippen LogP contribution is 2.15. The molecular formula is C20H19N3O5. The maximum Gasteiger partial charge on any atom is 0.328 e. The molecule has 8 heteroatoms. The molecule has 144 valence electrons. The zero-order chi connectivity index (χ0) is 20.3. The van der Waals surface area contributed by atoms with Crippen molar-refractivity contribution in [3.8, 4) is 5.75 Å². The van der Waals surface area contributed by atoms with Crippen molar-refractivity contribution in [2.75, 3.05) is 7.11 Å². The molecule has 0 saturated carbocycles. The van der Waals surface area contributed by atoms with Crippen LogP contribution >= 0.6 is 0 Å². The second kappa shape index (κ2) is 7.91. The molecule has 1 heterocycles. The first-order chi connectivity index (χ1) is 13.4. The van der Waals surface area contributed by atoms with Crippen molar-refractivity contribution in [1.29, 1.82) is 0 Å². The van der Waals surface area contributed by atoms with Crippen molar-refractivity contribution in [1.82, 2.24) is 15.1 Å². The number of carbonyl (C=O) groups is 2. The monoisotopic (exact) mass is 381 g/mol. The number of esters is 1. The third-order valence-corrected chi connectivity index (χ3v) is 4.34. The molecule has 0 bridgehead atoms. The summed E-state index contributed by atoms with van der Waals surface area (Å²) in [6, 6.07) is 12.0. The summed E-state index contributed by atoms with van der Waals surface area (Å²) in [6.45, 7) is 0. The number of amides is 1. The molecule has 0 aliphatic rings. The Kier molecular flexibility index (Phi) is 5.39. The lowest BCUT2D eigenvalue weighted by molar-refractivity contribution is -0.142. The molecule has 8 nitrogen and oxygen atoms in total. The molecular weight excluding hydrogens is 362 g/mol. The molecule has 0 spiro atoms. The predicted octanol–water partition coefficient (Wildman–Crippen LogP) is 1.15. The van der Waals surface area contributed by atoms with Crippen LogP contribution in [0.5, 0.6) is 5.75 Å². The zero-order valence-corrected chi connectivity index (χ0v) is 15.4. The minimum absolute atomic E-state index is 0.0392. The molecule has 3 aromatic rings. The third-order valence-electron chi connectivity index (χ3n) is 4.34. The van der Waals surface area contributed by atoms with Gasteiger partial charge in [0, 0.05) is 18.9 Å². The highest BCUT2D eigenvalue weighted by molar-refractivity contribution is 6.05. The molecule has 0 unspecified atom stereocenters. The summed E-state index contributed by atoms with van der Waals surface area (Å²) in [7, 11) is 2.69. The van der Waals surface area contributed by atoms with Crippen molar-refractivity contribution >= 4 is 22.6 Å². The Labute approximate surface area is 160 Å². The number of hydrogen-bond acceptors (Lipinski definition) is 6. The quantitative estimate of drug-likeness (QED) is 0.642. The van der Waals surface area contributed by atoms with E-state index >= 15 is 0 Å². The lowest BCUT2D eigenvalue weighted by atomic mass is 10.0. The van der Waals surface area contributed by atoms with Crippen molar-refractivity contribution in [2.45, 2.75) is 12.5 Å². The number of hydrogen-bond donors (Lipinski definition) is 2. The van der Waals surface area contributed by atoms with Crippen molar-refractivity contribution < 1.29 is 19.4 Å². The van der Waals surface area contributed by atoms with Crippen LogP contribution < -0.4 is 10.9 Å². The normalized spacial score (nSPS) is 11.8. The lowest BCUT2D eigenvalue weighted by Crippen LogP contribution is -2.44. The standard InChI is InChI=1S/C20H19N3O5/c1-23-19(26)15-6-4-3-5-14(15)17(22-23)18(25)21-16(20(27)28-2)11-12-7-9-13(24)10-8-12/h3-10,16,24H,11H2,1-2H3,(H,21,25)/t16-/m1/s1. The van der Waals surface area contributed by atoms with E-state index in [1.807, 2.05) is 0 Å². The van der Waals surface area contributed by atoms with Gasteiger partial charge in [0.2, 0.25) is 0 Å². The van der Waals surface area contributed by atoms with Gasteiger partial charge in [-0.15, -0.1) is 0 Å². The Morgan fingerprint density at radius 2 is 1.79 bits per heavy atom. The van der Waals surface area contributed by atoms with E-state index in [4.69, 9.17) is 4.74 Å². The van der Waals surface area contributed by atoms with Crippen molar-refractivity contribution in [2.24, 2.45) is 7.05 Å². The van der Waals surface area contributed by atoms with Gasteiger partial charge < -0.3 is 15.2 Å². The molecule has 0 radical (unpaired) electrons. The average Bonchev–Trinajstić information content (AvgIpc) is 2.71. The van der Waals surface area contributed by atoms with E-state index in [1.54, 1.807) is 36.4 Å². The van der Waals surface area contributed by atoms with Gasteiger partial charge in [-0.3, -0.25) is 9.59 Å². The van der Waals surface area contributed by atoms with Gasteiger partial charge in [-0.2, -0.15) is 5.10 Å². The summed E-state index contributed by atoms with van der Waals surface area (Å²) in [5.41, 5.74) is 0.449. The molecule has 0 fully saturated rings. The number of fused-ring (bicyclic) bond motifs is 1. The maximum absolute atomic E-state index is 12.9. The van der Waals surface area contributed by atoms with Gasteiger partial charge in [0.1, 0.15) is 11.8 Å². The van der Waals surface area contributed by atoms with Crippen LogP contribution in [-0.2, 0) is 23.0 Å². The Balaban J connectivity index is 1.93. The van der Waals surface area contributed by atoms with Gasteiger partial charge in [-0.25, -0.2) is 9.48 Å². The summed E-state index contributed by atoms with van der Waals surface area (Å²) in [5.74, 6) is -1.11. The second-order valence-electron chi connectivity index (χ2n) is 6.24. The number of phenols is 1. The van der Waals surface area contributed by atoms with Gasteiger partial charge in [-0.1, -0.05) is 30.3 Å². The molecule has 0 aliphatic heterocycles. The fourth-order valence-corrected chi connectivity index (χ4v) is 2.90. The smallest absolute Gasteiger partial charge is 0.328 e. The van der Waals surface area contributed by atoms with E-state index in [2.05, 4.69) is 10.4 Å². The molecule has 1 atom stereocenters. The second-order valence-corrected chi connectivity index (χ2v) is 6.24. The summed E-state index contributed by atoms with van der Waals surface area (Å²) >= 11 is 0. The van der Waals surface area contributed by atoms with E-state index in [1.165, 1.54) is 26.3 Å². The topological polar surface area (TPSA) is 111 Å². The number of benzene rings is 2. The largest absolute Gasteiger partial charge is 0.508 e. The van der Waals surface area contributed by atoms with Gasteiger partial charge >= 0.3 is 5.97 Å². The number of rotatable bonds is 5. The number of carbonyl (C=O) groups excluding carboxylic acids is 2. The molecule has 28 heavy (non-hydrogen) atoms. The Bertz CT molecular complexity index is 1090. The highest BCUT2D eigenvalue weighted by atomic mass is 16.5. The first-order valence-electron chi connectivity index (χ1n) is 8.53. The third kappa shape index (κ3) is 3.85. The fourth-order valence-electron chi connectivity index (χ4n) is 2.90. The van der Waals surface area contributed by atoms with E-state index in [9.17, 15) is 19.5 Å². The summed E-state index contributed by atoms with van der Waals surface area (Å²) in [5, 5.41) is 16.8. The summed E-state index contributed by atoms with van der Waals surface area (Å²) < 4.78 is 5.88. The number of nitrogens with zero attached hydrogens (tertiary/aromatic N) is 2. The Morgan fingerprint density at radius 3 is 2.43 bits per heavy atom. The predicted molar refractivity (Wildman–Crippen MR) is 102 cm³/mol. The number of aromatic nitrogens is 2. The number of aromatic hydroxyl groups is 1. The van der Waals surface area contributed by atoms with Crippen LogP contribution in [0.15, 0.2) is 53.3 Å². The van der Waals surface area contributed by atoms with Crippen LogP contribution in [0.4, 0.5) is 0 Å². The molecule has 1 aromatic heterocycles. The first kappa shape index (κ1) is 19.1. The minimum Gasteiger partial charge on any atom is -0.508 e. The van der Waals surface area contributed by atoms with E-state index in [0.29, 0.717) is 10.8 Å². The zero-order valence-electron chi connectivity index (χ0n) is 15.4. The average molecular weight is 381 g/mol. The van der Waals surface area contributed by atoms with Crippen LogP contribution in [0.2, 0.25) is 0 Å². The highest BCUT2D eigenvalue weighted by Gasteiger charge is 2.25. The number of aryl methyl sites for hydroxylation is 1. The van der Waals surface area contributed by atoms with Crippen molar-refractivity contribution in [3.05, 3.63) is 70.1 Å². The van der Waals surface area contributed by atoms with Gasteiger partial charge in [-0.05, 0) is 23.8 Å². The Hall–Kier alpha value is -3.68. The molecule has 2 N–H and O–H groups in total. The van der Waals surface area contributed by atoms with E-state index < -0.39 is 17.9 Å². The minimum atomic E-state index is -0.958. The van der Waals surface area contributed by atoms with Crippen molar-refractivity contribution in [3.63, 3.8) is 0 Å². The Morgan fingerprint density at radius 1 is 1.14 bits per heavy atom. The van der Waals surface area contributed by atoms with Gasteiger partial charge in [0.25, 0.3) is 11.5 Å². The van der Waals surface area contributed by atoms with Crippen LogP contribution in [0.1, 0.15) is 16.1 Å². The van der Waals surface area contributed by atoms with Crippen LogP contribution in [0, 0.1) is 0 Å². The SMILES string of the molecule is COC(=O)[C@@H](Cc1ccc(O)cc1)NC(=O)c1nn(C)c(=O)c2ccccc12. The summed E-state index contributed by atoms with van der Waals surface area (Å²) in [4.78, 5) is 37.3. The molecule has 0 saturated heterocycles. The molecule has 1 amide bonds. The van der Waals surface area contributed by atoms with Crippen LogP contribution in [0.25, 0.3) is 10.8 Å². The molecule has 0 aliphatic carbocycles. The van der Waals surface area contributed by atoms with E-state index in [-0.39, 0.29) is 23.4 Å². The van der Waals surface area contributed by atoms with E-state index in [0.717, 1.165) is 10.2 Å². The number of phenolic OH excluding ortho intramolecular Hbond substituents is 1. The molecule has 3 rings (SSSR count). The summed E-state index contributed by atoms with van der Waals surface area (Å²) in [6.07, 6.45) is 0.169. The fraction of sp³-hybridized carbons (Fsp3) is 0.200. The number of ether oxygens (including phenoxy) is 1. The van der Waals surface area contributed by atoms with Crippen LogP contribution in [-0.4, -0.2) is 39.9 Å². The first-order valence-corrected chi connectivity index (χ1v) is 8.53. The number of nitrogens with one attached hydrogen (secondary N) is 1. The maximum atomic E-state index is 12.9. The lowest BCUT2D eigenvalue weighted by Gasteiger charge is -2.17. The number of methoxy groups -OCH3 is 1. The molecule has 2 aromatic carbocycles. The van der Waals surface area contributed by atoms with Gasteiger partial charge in [0.05, 0.1) is 12.5 Å².